The third kappa shape index (κ3) is 7.49. The first kappa shape index (κ1) is 26.2. The van der Waals surface area contributed by atoms with E-state index in [2.05, 4.69) is 5.32 Å². The fourth-order valence-corrected chi connectivity index (χ4v) is 4.07. The molecule has 1 N–H and O–H groups in total. The highest BCUT2D eigenvalue weighted by Crippen LogP contribution is 2.20. The van der Waals surface area contributed by atoms with Crippen molar-refractivity contribution in [2.75, 3.05) is 24.2 Å². The number of sulfonamides is 1. The normalized spacial score (nSPS) is 13.0. The number of nitrogens with zero attached hydrogens (tertiary/aromatic N) is 2. The van der Waals surface area contributed by atoms with Crippen LogP contribution in [0.15, 0.2) is 54.6 Å². The average Bonchev–Trinajstić information content (AvgIpc) is 2.80. The first-order chi connectivity index (χ1) is 15.6. The molecule has 2 aromatic rings. The highest BCUT2D eigenvalue weighted by atomic mass is 32.2. The second kappa shape index (κ2) is 11.7. The lowest BCUT2D eigenvalue weighted by Gasteiger charge is -2.32. The van der Waals surface area contributed by atoms with E-state index in [1.54, 1.807) is 62.6 Å². The van der Waals surface area contributed by atoms with Gasteiger partial charge in [-0.15, -0.1) is 0 Å². The predicted molar refractivity (Wildman–Crippen MR) is 130 cm³/mol. The van der Waals surface area contributed by atoms with Gasteiger partial charge in [-0.25, -0.2) is 8.42 Å². The molecular weight excluding hydrogens is 442 g/mol. The number of methoxy groups -OCH3 is 1. The van der Waals surface area contributed by atoms with Crippen LogP contribution in [0.1, 0.15) is 32.8 Å². The largest absolute Gasteiger partial charge is 0.497 e. The highest BCUT2D eigenvalue weighted by Gasteiger charge is 2.30. The van der Waals surface area contributed by atoms with Crippen molar-refractivity contribution < 1.29 is 22.7 Å². The number of amides is 2. The van der Waals surface area contributed by atoms with Gasteiger partial charge >= 0.3 is 0 Å². The van der Waals surface area contributed by atoms with Crippen molar-refractivity contribution in [2.45, 2.75) is 45.8 Å². The van der Waals surface area contributed by atoms with Gasteiger partial charge < -0.3 is 15.0 Å². The van der Waals surface area contributed by atoms with Crippen LogP contribution >= 0.6 is 0 Å². The van der Waals surface area contributed by atoms with Crippen LogP contribution in [0.5, 0.6) is 5.75 Å². The lowest BCUT2D eigenvalue weighted by molar-refractivity contribution is -0.139. The summed E-state index contributed by atoms with van der Waals surface area (Å²) in [5.74, 6) is -0.163. The fourth-order valence-electron chi connectivity index (χ4n) is 3.22. The second-order valence-corrected chi connectivity index (χ2v) is 9.88. The van der Waals surface area contributed by atoms with E-state index in [0.29, 0.717) is 11.4 Å². The molecule has 0 aliphatic rings. The number of benzene rings is 2. The molecule has 0 aromatic heterocycles. The Bertz CT molecular complexity index is 1040. The van der Waals surface area contributed by atoms with E-state index in [4.69, 9.17) is 4.74 Å². The molecule has 33 heavy (non-hydrogen) atoms. The smallest absolute Gasteiger partial charge is 0.244 e. The number of hydrogen-bond donors (Lipinski definition) is 1. The molecule has 0 saturated carbocycles. The van der Waals surface area contributed by atoms with Gasteiger partial charge in [0.25, 0.3) is 0 Å². The van der Waals surface area contributed by atoms with Crippen molar-refractivity contribution in [1.29, 1.82) is 0 Å². The summed E-state index contributed by atoms with van der Waals surface area (Å²) in [4.78, 5) is 27.7. The van der Waals surface area contributed by atoms with E-state index in [-0.39, 0.29) is 18.5 Å². The summed E-state index contributed by atoms with van der Waals surface area (Å²) >= 11 is 0. The van der Waals surface area contributed by atoms with Gasteiger partial charge in [0.1, 0.15) is 18.3 Å². The number of carbonyl (C=O) groups is 2. The maximum Gasteiger partial charge on any atom is 0.244 e. The number of para-hydroxylation sites is 1. The molecule has 8 nitrogen and oxygen atoms in total. The van der Waals surface area contributed by atoms with Crippen molar-refractivity contribution in [3.8, 4) is 5.75 Å². The molecule has 2 amide bonds. The summed E-state index contributed by atoms with van der Waals surface area (Å²) in [7, 11) is -2.18. The molecule has 0 unspecified atom stereocenters. The molecule has 0 aliphatic carbocycles. The average molecular weight is 476 g/mol. The number of hydrogen-bond acceptors (Lipinski definition) is 5. The molecular formula is C24H33N3O5S. The number of rotatable bonds is 11. The monoisotopic (exact) mass is 475 g/mol. The van der Waals surface area contributed by atoms with Gasteiger partial charge in [0.15, 0.2) is 0 Å². The van der Waals surface area contributed by atoms with Crippen LogP contribution in [-0.2, 0) is 26.2 Å². The molecule has 2 aromatic carbocycles. The molecule has 180 valence electrons. The first-order valence-corrected chi connectivity index (χ1v) is 12.7. The maximum atomic E-state index is 13.4. The summed E-state index contributed by atoms with van der Waals surface area (Å²) in [6.07, 6.45) is 1.80. The molecule has 9 heteroatoms. The molecule has 2 atom stereocenters. The lowest BCUT2D eigenvalue weighted by atomic mass is 10.1. The maximum absolute atomic E-state index is 13.4. The Balaban J connectivity index is 2.37. The molecule has 0 bridgehead atoms. The summed E-state index contributed by atoms with van der Waals surface area (Å²) < 4.78 is 31.3. The van der Waals surface area contributed by atoms with Gasteiger partial charge in [0.2, 0.25) is 21.8 Å². The Morgan fingerprint density at radius 3 is 2.30 bits per heavy atom. The van der Waals surface area contributed by atoms with Crippen LogP contribution in [0.4, 0.5) is 5.69 Å². The van der Waals surface area contributed by atoms with Gasteiger partial charge in [-0.2, -0.15) is 0 Å². The number of anilines is 1. The zero-order valence-electron chi connectivity index (χ0n) is 19.8. The van der Waals surface area contributed by atoms with Crippen molar-refractivity contribution in [3.63, 3.8) is 0 Å². The molecule has 0 saturated heterocycles. The van der Waals surface area contributed by atoms with Gasteiger partial charge in [-0.3, -0.25) is 13.9 Å². The Morgan fingerprint density at radius 1 is 1.06 bits per heavy atom. The van der Waals surface area contributed by atoms with Gasteiger partial charge in [-0.05, 0) is 50.1 Å². The van der Waals surface area contributed by atoms with E-state index < -0.39 is 28.5 Å². The van der Waals surface area contributed by atoms with Gasteiger partial charge in [0.05, 0.1) is 19.1 Å². The van der Waals surface area contributed by atoms with Crippen molar-refractivity contribution in [1.82, 2.24) is 10.2 Å². The SMILES string of the molecule is CC[C@@H](C)NC(=O)[C@H](C)N(Cc1cccc(OC)c1)C(=O)CN(c1ccccc1)S(C)(=O)=O. The molecule has 2 rings (SSSR count). The quantitative estimate of drug-likeness (QED) is 0.539. The van der Waals surface area contributed by atoms with Crippen molar-refractivity contribution >= 4 is 27.5 Å². The minimum Gasteiger partial charge on any atom is -0.497 e. The lowest BCUT2D eigenvalue weighted by Crippen LogP contribution is -2.52. The Morgan fingerprint density at radius 2 is 1.73 bits per heavy atom. The summed E-state index contributed by atoms with van der Waals surface area (Å²) in [6.45, 7) is 5.19. The van der Waals surface area contributed by atoms with Crippen LogP contribution in [-0.4, -0.2) is 57.1 Å². The molecule has 0 heterocycles. The standard InChI is InChI=1S/C24H33N3O5S/c1-6-18(2)25-24(29)19(3)26(16-20-11-10-14-22(15-20)32-4)23(28)17-27(33(5,30)31)21-12-8-7-9-13-21/h7-15,18-19H,6,16-17H2,1-5H3,(H,25,29)/t18-,19+/m1/s1. The van der Waals surface area contributed by atoms with Crippen LogP contribution < -0.4 is 14.4 Å². The van der Waals surface area contributed by atoms with E-state index in [1.807, 2.05) is 19.9 Å². The van der Waals surface area contributed by atoms with Crippen LogP contribution in [0.2, 0.25) is 0 Å². The number of carbonyl (C=O) groups excluding carboxylic acids is 2. The van der Waals surface area contributed by atoms with Crippen LogP contribution in [0.25, 0.3) is 0 Å². The van der Waals surface area contributed by atoms with Gasteiger partial charge in [-0.1, -0.05) is 37.3 Å². The first-order valence-electron chi connectivity index (χ1n) is 10.8. The van der Waals surface area contributed by atoms with Crippen LogP contribution in [0, 0.1) is 0 Å². The fraction of sp³-hybridized carbons (Fsp3) is 0.417. The third-order valence-corrected chi connectivity index (χ3v) is 6.52. The minimum atomic E-state index is -3.73. The summed E-state index contributed by atoms with van der Waals surface area (Å²) in [5, 5.41) is 2.90. The number of nitrogens with one attached hydrogen (secondary N) is 1. The zero-order valence-corrected chi connectivity index (χ0v) is 20.6. The van der Waals surface area contributed by atoms with Crippen molar-refractivity contribution in [2.24, 2.45) is 0 Å². The molecule has 0 fully saturated rings. The Kier molecular flexibility index (Phi) is 9.28. The van der Waals surface area contributed by atoms with E-state index in [1.165, 1.54) is 4.90 Å². The molecule has 0 aliphatic heterocycles. The Hall–Kier alpha value is -3.07. The molecule has 0 radical (unpaired) electrons. The summed E-state index contributed by atoms with van der Waals surface area (Å²) in [5.41, 5.74) is 1.14. The highest BCUT2D eigenvalue weighted by molar-refractivity contribution is 7.92. The van der Waals surface area contributed by atoms with E-state index >= 15 is 0 Å². The summed E-state index contributed by atoms with van der Waals surface area (Å²) in [6, 6.07) is 14.8. The topological polar surface area (TPSA) is 96.0 Å². The zero-order chi connectivity index (χ0) is 24.6. The number of ether oxygens (including phenoxy) is 1. The van der Waals surface area contributed by atoms with E-state index in [0.717, 1.165) is 22.5 Å². The van der Waals surface area contributed by atoms with Gasteiger partial charge in [0, 0.05) is 12.6 Å². The predicted octanol–water partition coefficient (Wildman–Crippen LogP) is 2.79. The minimum absolute atomic E-state index is 0.0504. The molecule has 0 spiro atoms. The second-order valence-electron chi connectivity index (χ2n) is 7.97. The van der Waals surface area contributed by atoms with Crippen LogP contribution in [0.3, 0.4) is 0 Å². The third-order valence-electron chi connectivity index (χ3n) is 5.38. The Labute approximate surface area is 196 Å². The van der Waals surface area contributed by atoms with Crippen molar-refractivity contribution in [3.05, 3.63) is 60.2 Å². The van der Waals surface area contributed by atoms with E-state index in [9.17, 15) is 18.0 Å².